The Balaban J connectivity index is 1.49. The van der Waals surface area contributed by atoms with Crippen LogP contribution in [0, 0.1) is 0 Å². The third-order valence-corrected chi connectivity index (χ3v) is 4.38. The quantitative estimate of drug-likeness (QED) is 0.502. The fourth-order valence-electron chi connectivity index (χ4n) is 2.98. The average Bonchev–Trinajstić information content (AvgIpc) is 3.34. The molecule has 4 aromatic heterocycles. The van der Waals surface area contributed by atoms with Crippen molar-refractivity contribution in [1.29, 1.82) is 0 Å². The van der Waals surface area contributed by atoms with E-state index in [1.165, 1.54) is 16.7 Å². The van der Waals surface area contributed by atoms with Gasteiger partial charge >= 0.3 is 0 Å². The molecule has 28 heavy (non-hydrogen) atoms. The number of fused-ring (bicyclic) bond motifs is 2. The molecule has 4 aromatic rings. The molecule has 2 N–H and O–H groups in total. The van der Waals surface area contributed by atoms with Gasteiger partial charge < -0.3 is 19.6 Å². The van der Waals surface area contributed by atoms with Crippen molar-refractivity contribution in [3.63, 3.8) is 0 Å². The topological polar surface area (TPSA) is 111 Å². The molecule has 0 saturated heterocycles. The molecule has 0 aliphatic carbocycles. The third-order valence-electron chi connectivity index (χ3n) is 4.38. The van der Waals surface area contributed by atoms with E-state index < -0.39 is 0 Å². The minimum Gasteiger partial charge on any atom is -0.459 e. The normalized spacial score (nSPS) is 11.0. The molecule has 0 radical (unpaired) electrons. The van der Waals surface area contributed by atoms with E-state index in [9.17, 15) is 14.4 Å². The molecular weight excluding hydrogens is 362 g/mol. The Labute approximate surface area is 158 Å². The standard InChI is InChI=1S/C19H17N5O4/c1-23-13(17(25)20-7-8-21-18(26)14-5-4-10-28-14)11-12-16(23)22-15-6-2-3-9-24(15)19(12)27/h2-6,9-11H,7-8H2,1H3,(H,20,25)(H,21,26). The lowest BCUT2D eigenvalue weighted by Crippen LogP contribution is -2.35. The van der Waals surface area contributed by atoms with Crippen LogP contribution in [0.5, 0.6) is 0 Å². The molecule has 2 amide bonds. The predicted octanol–water partition coefficient (Wildman–Crippen LogP) is 0.939. The van der Waals surface area contributed by atoms with E-state index in [-0.39, 0.29) is 36.2 Å². The lowest BCUT2D eigenvalue weighted by Gasteiger charge is -2.07. The second-order valence-electron chi connectivity index (χ2n) is 6.16. The second kappa shape index (κ2) is 7.03. The third kappa shape index (κ3) is 3.02. The monoisotopic (exact) mass is 379 g/mol. The summed E-state index contributed by atoms with van der Waals surface area (Å²) in [5, 5.41) is 5.73. The van der Waals surface area contributed by atoms with E-state index >= 15 is 0 Å². The summed E-state index contributed by atoms with van der Waals surface area (Å²) in [6, 6.07) is 9.97. The first kappa shape index (κ1) is 17.5. The van der Waals surface area contributed by atoms with Crippen molar-refractivity contribution in [2.24, 2.45) is 7.05 Å². The summed E-state index contributed by atoms with van der Waals surface area (Å²) in [5.74, 6) is -0.507. The van der Waals surface area contributed by atoms with Gasteiger partial charge in [0.25, 0.3) is 17.4 Å². The van der Waals surface area contributed by atoms with Gasteiger partial charge in [0.2, 0.25) is 0 Å². The zero-order valence-electron chi connectivity index (χ0n) is 15.0. The predicted molar refractivity (Wildman–Crippen MR) is 101 cm³/mol. The highest BCUT2D eigenvalue weighted by atomic mass is 16.3. The number of rotatable bonds is 5. The minimum atomic E-state index is -0.360. The number of carbonyl (C=O) groups is 2. The van der Waals surface area contributed by atoms with Crippen molar-refractivity contribution < 1.29 is 14.0 Å². The van der Waals surface area contributed by atoms with Crippen molar-refractivity contribution >= 4 is 28.5 Å². The minimum absolute atomic E-state index is 0.207. The lowest BCUT2D eigenvalue weighted by atomic mass is 10.3. The van der Waals surface area contributed by atoms with E-state index in [1.54, 1.807) is 48.1 Å². The first-order chi connectivity index (χ1) is 13.6. The summed E-state index contributed by atoms with van der Waals surface area (Å²) in [6.45, 7) is 0.460. The van der Waals surface area contributed by atoms with Crippen molar-refractivity contribution in [1.82, 2.24) is 24.6 Å². The highest BCUT2D eigenvalue weighted by Gasteiger charge is 2.17. The van der Waals surface area contributed by atoms with Gasteiger partial charge in [-0.2, -0.15) is 0 Å². The Bertz CT molecular complexity index is 1240. The number of nitrogens with zero attached hydrogens (tertiary/aromatic N) is 3. The summed E-state index contributed by atoms with van der Waals surface area (Å²) in [7, 11) is 1.68. The van der Waals surface area contributed by atoms with Gasteiger partial charge in [0, 0.05) is 26.3 Å². The summed E-state index contributed by atoms with van der Waals surface area (Å²) < 4.78 is 8.02. The molecule has 0 spiro atoms. The van der Waals surface area contributed by atoms with Crippen LogP contribution in [0.25, 0.3) is 16.7 Å². The number of amides is 2. The Morgan fingerprint density at radius 1 is 1.11 bits per heavy atom. The smallest absolute Gasteiger partial charge is 0.287 e. The fourth-order valence-corrected chi connectivity index (χ4v) is 2.98. The number of aryl methyl sites for hydroxylation is 1. The molecule has 0 fully saturated rings. The van der Waals surface area contributed by atoms with Gasteiger partial charge in [-0.05, 0) is 30.3 Å². The number of hydrogen-bond acceptors (Lipinski definition) is 5. The largest absolute Gasteiger partial charge is 0.459 e. The van der Waals surface area contributed by atoms with Crippen molar-refractivity contribution in [3.05, 3.63) is 70.7 Å². The van der Waals surface area contributed by atoms with Crippen LogP contribution in [-0.4, -0.2) is 38.9 Å². The molecule has 0 aromatic carbocycles. The maximum Gasteiger partial charge on any atom is 0.287 e. The molecular formula is C19H17N5O4. The molecule has 142 valence electrons. The highest BCUT2D eigenvalue weighted by Crippen LogP contribution is 2.14. The van der Waals surface area contributed by atoms with Crippen molar-refractivity contribution in [2.75, 3.05) is 13.1 Å². The number of aromatic nitrogens is 3. The molecule has 0 unspecified atom stereocenters. The molecule has 4 rings (SSSR count). The highest BCUT2D eigenvalue weighted by molar-refractivity contribution is 5.98. The lowest BCUT2D eigenvalue weighted by molar-refractivity contribution is 0.0908. The number of furan rings is 1. The maximum atomic E-state index is 12.6. The molecule has 0 aliphatic rings. The van der Waals surface area contributed by atoms with Crippen LogP contribution in [0.4, 0.5) is 0 Å². The van der Waals surface area contributed by atoms with Gasteiger partial charge in [0.15, 0.2) is 5.76 Å². The van der Waals surface area contributed by atoms with E-state index in [0.717, 1.165) is 0 Å². The second-order valence-corrected chi connectivity index (χ2v) is 6.16. The molecule has 0 saturated carbocycles. The summed E-state index contributed by atoms with van der Waals surface area (Å²) >= 11 is 0. The molecule has 9 nitrogen and oxygen atoms in total. The Morgan fingerprint density at radius 3 is 2.64 bits per heavy atom. The van der Waals surface area contributed by atoms with E-state index in [1.807, 2.05) is 0 Å². The van der Waals surface area contributed by atoms with Crippen LogP contribution in [0.3, 0.4) is 0 Å². The maximum absolute atomic E-state index is 12.6. The van der Waals surface area contributed by atoms with E-state index in [2.05, 4.69) is 15.6 Å². The number of hydrogen-bond donors (Lipinski definition) is 2. The van der Waals surface area contributed by atoms with Crippen LogP contribution in [0.1, 0.15) is 21.0 Å². The molecule has 4 heterocycles. The molecule has 0 aliphatic heterocycles. The fraction of sp³-hybridized carbons (Fsp3) is 0.158. The Kier molecular flexibility index (Phi) is 4.40. The van der Waals surface area contributed by atoms with Gasteiger partial charge in [-0.15, -0.1) is 0 Å². The Morgan fingerprint density at radius 2 is 1.89 bits per heavy atom. The van der Waals surface area contributed by atoms with Crippen LogP contribution < -0.4 is 16.2 Å². The summed E-state index contributed by atoms with van der Waals surface area (Å²) in [5.41, 5.74) is 1.02. The SMILES string of the molecule is Cn1c(C(=O)NCCNC(=O)c2ccco2)cc2c(=O)n3ccccc3nc21. The van der Waals surface area contributed by atoms with Crippen LogP contribution >= 0.6 is 0 Å². The van der Waals surface area contributed by atoms with Crippen molar-refractivity contribution in [2.45, 2.75) is 0 Å². The average molecular weight is 379 g/mol. The van der Waals surface area contributed by atoms with Crippen LogP contribution in [0.2, 0.25) is 0 Å². The van der Waals surface area contributed by atoms with Crippen molar-refractivity contribution in [3.8, 4) is 0 Å². The number of nitrogens with one attached hydrogen (secondary N) is 2. The van der Waals surface area contributed by atoms with Crippen LogP contribution in [0.15, 0.2) is 58.1 Å². The summed E-state index contributed by atoms with van der Waals surface area (Å²) in [6.07, 6.45) is 3.05. The zero-order chi connectivity index (χ0) is 19.7. The first-order valence-corrected chi connectivity index (χ1v) is 8.63. The summed E-state index contributed by atoms with van der Waals surface area (Å²) in [4.78, 5) is 41.4. The zero-order valence-corrected chi connectivity index (χ0v) is 15.0. The molecule has 0 bridgehead atoms. The first-order valence-electron chi connectivity index (χ1n) is 8.63. The van der Waals surface area contributed by atoms with Gasteiger partial charge in [-0.25, -0.2) is 4.98 Å². The van der Waals surface area contributed by atoms with Gasteiger partial charge in [-0.1, -0.05) is 6.07 Å². The van der Waals surface area contributed by atoms with E-state index in [4.69, 9.17) is 4.42 Å². The van der Waals surface area contributed by atoms with E-state index in [0.29, 0.717) is 22.4 Å². The Hall–Kier alpha value is -3.88. The van der Waals surface area contributed by atoms with Crippen LogP contribution in [-0.2, 0) is 7.05 Å². The number of carbonyl (C=O) groups excluding carboxylic acids is 2. The van der Waals surface area contributed by atoms with Gasteiger partial charge in [-0.3, -0.25) is 18.8 Å². The molecule has 9 heteroatoms. The molecule has 0 atom stereocenters. The van der Waals surface area contributed by atoms with Gasteiger partial charge in [0.1, 0.15) is 17.0 Å². The van der Waals surface area contributed by atoms with Gasteiger partial charge in [0.05, 0.1) is 11.6 Å². The number of pyridine rings is 1.